The Morgan fingerprint density at radius 2 is 2.05 bits per heavy atom. The summed E-state index contributed by atoms with van der Waals surface area (Å²) >= 11 is 1.71. The summed E-state index contributed by atoms with van der Waals surface area (Å²) in [5.74, 6) is 0. The number of benzene rings is 1. The van der Waals surface area contributed by atoms with Crippen LogP contribution in [0.25, 0.3) is 10.9 Å². The quantitative estimate of drug-likeness (QED) is 0.788. The lowest BCUT2D eigenvalue weighted by Gasteiger charge is -2.21. The standard InChI is InChI=1S/C17H21N3S/c1-17(2,3)19-9-14-8-13-6-4-5-7-16(13)20(14)11-15-10-18-12-21-15/h4-8,10,12,19H,9,11H2,1-3H3. The van der Waals surface area contributed by atoms with Gasteiger partial charge in [-0.3, -0.25) is 4.98 Å². The summed E-state index contributed by atoms with van der Waals surface area (Å²) < 4.78 is 2.39. The fraction of sp³-hybridized carbons (Fsp3) is 0.353. The monoisotopic (exact) mass is 299 g/mol. The summed E-state index contributed by atoms with van der Waals surface area (Å²) in [6, 6.07) is 10.9. The number of hydrogen-bond donors (Lipinski definition) is 1. The molecule has 0 atom stereocenters. The average Bonchev–Trinajstić information content (AvgIpc) is 3.05. The molecule has 2 aromatic heterocycles. The highest BCUT2D eigenvalue weighted by Gasteiger charge is 2.13. The van der Waals surface area contributed by atoms with E-state index >= 15 is 0 Å². The maximum absolute atomic E-state index is 4.19. The van der Waals surface area contributed by atoms with Crippen LogP contribution in [0.2, 0.25) is 0 Å². The minimum Gasteiger partial charge on any atom is -0.338 e. The van der Waals surface area contributed by atoms with Crippen LogP contribution in [-0.4, -0.2) is 15.1 Å². The molecule has 0 amide bonds. The van der Waals surface area contributed by atoms with Crippen LogP contribution < -0.4 is 5.32 Å². The van der Waals surface area contributed by atoms with E-state index in [4.69, 9.17) is 0 Å². The number of thiazole rings is 1. The molecular formula is C17H21N3S. The van der Waals surface area contributed by atoms with Crippen LogP contribution in [-0.2, 0) is 13.1 Å². The molecule has 0 fully saturated rings. The van der Waals surface area contributed by atoms with Crippen molar-refractivity contribution >= 4 is 22.2 Å². The summed E-state index contributed by atoms with van der Waals surface area (Å²) in [5.41, 5.74) is 4.62. The van der Waals surface area contributed by atoms with E-state index in [9.17, 15) is 0 Å². The van der Waals surface area contributed by atoms with Crippen molar-refractivity contribution in [2.45, 2.75) is 39.4 Å². The van der Waals surface area contributed by atoms with Crippen molar-refractivity contribution in [3.8, 4) is 0 Å². The molecule has 0 radical (unpaired) electrons. The van der Waals surface area contributed by atoms with Gasteiger partial charge in [0.05, 0.1) is 12.1 Å². The van der Waals surface area contributed by atoms with Crippen molar-refractivity contribution in [3.63, 3.8) is 0 Å². The minimum atomic E-state index is 0.117. The highest BCUT2D eigenvalue weighted by atomic mass is 32.1. The van der Waals surface area contributed by atoms with Gasteiger partial charge in [-0.25, -0.2) is 0 Å². The SMILES string of the molecule is CC(C)(C)NCc1cc2ccccc2n1Cc1cncs1. The molecule has 3 rings (SSSR count). The number of para-hydroxylation sites is 1. The first kappa shape index (κ1) is 14.3. The Labute approximate surface area is 129 Å². The second kappa shape index (κ2) is 5.62. The molecule has 2 heterocycles. The summed E-state index contributed by atoms with van der Waals surface area (Å²) in [4.78, 5) is 5.47. The molecule has 21 heavy (non-hydrogen) atoms. The molecule has 1 N–H and O–H groups in total. The molecular weight excluding hydrogens is 278 g/mol. The summed E-state index contributed by atoms with van der Waals surface area (Å²) in [5, 5.41) is 4.88. The molecule has 0 unspecified atom stereocenters. The number of rotatable bonds is 4. The summed E-state index contributed by atoms with van der Waals surface area (Å²) in [6.07, 6.45) is 1.96. The minimum absolute atomic E-state index is 0.117. The molecule has 1 aromatic carbocycles. The van der Waals surface area contributed by atoms with Crippen molar-refractivity contribution in [2.24, 2.45) is 0 Å². The molecule has 3 aromatic rings. The smallest absolute Gasteiger partial charge is 0.0794 e. The molecule has 0 aliphatic carbocycles. The van der Waals surface area contributed by atoms with E-state index in [2.05, 4.69) is 66.0 Å². The zero-order valence-corrected chi connectivity index (χ0v) is 13.6. The van der Waals surface area contributed by atoms with Crippen LogP contribution in [0.3, 0.4) is 0 Å². The third-order valence-electron chi connectivity index (χ3n) is 3.49. The molecule has 4 heteroatoms. The van der Waals surface area contributed by atoms with Gasteiger partial charge >= 0.3 is 0 Å². The van der Waals surface area contributed by atoms with Crippen molar-refractivity contribution in [2.75, 3.05) is 0 Å². The normalized spacial score (nSPS) is 12.1. The second-order valence-electron chi connectivity index (χ2n) is 6.35. The zero-order valence-electron chi connectivity index (χ0n) is 12.8. The lowest BCUT2D eigenvalue weighted by atomic mass is 10.1. The van der Waals surface area contributed by atoms with E-state index in [1.807, 2.05) is 11.7 Å². The number of fused-ring (bicyclic) bond motifs is 1. The molecule has 0 aliphatic heterocycles. The molecule has 0 aliphatic rings. The van der Waals surface area contributed by atoms with Gasteiger partial charge in [0.15, 0.2) is 0 Å². The predicted molar refractivity (Wildman–Crippen MR) is 89.7 cm³/mol. The van der Waals surface area contributed by atoms with Crippen LogP contribution in [0.5, 0.6) is 0 Å². The predicted octanol–water partition coefficient (Wildman–Crippen LogP) is 4.03. The number of hydrogen-bond acceptors (Lipinski definition) is 3. The Kier molecular flexibility index (Phi) is 3.83. The van der Waals surface area contributed by atoms with Crippen molar-refractivity contribution in [1.29, 1.82) is 0 Å². The second-order valence-corrected chi connectivity index (χ2v) is 7.32. The summed E-state index contributed by atoms with van der Waals surface area (Å²) in [7, 11) is 0. The van der Waals surface area contributed by atoms with Crippen LogP contribution in [0.15, 0.2) is 42.0 Å². The van der Waals surface area contributed by atoms with E-state index < -0.39 is 0 Å². The van der Waals surface area contributed by atoms with Gasteiger partial charge in [-0.1, -0.05) is 18.2 Å². The van der Waals surface area contributed by atoms with Crippen LogP contribution >= 0.6 is 11.3 Å². The molecule has 0 saturated carbocycles. The third-order valence-corrected chi connectivity index (χ3v) is 4.26. The highest BCUT2D eigenvalue weighted by molar-refractivity contribution is 7.09. The number of nitrogens with one attached hydrogen (secondary N) is 1. The maximum atomic E-state index is 4.19. The molecule has 0 saturated heterocycles. The number of aromatic nitrogens is 2. The van der Waals surface area contributed by atoms with Gasteiger partial charge in [0.2, 0.25) is 0 Å². The third kappa shape index (κ3) is 3.34. The first-order chi connectivity index (χ1) is 10.0. The first-order valence-corrected chi connectivity index (χ1v) is 8.10. The van der Waals surface area contributed by atoms with Gasteiger partial charge in [0, 0.05) is 34.4 Å². The lowest BCUT2D eigenvalue weighted by Crippen LogP contribution is -2.35. The topological polar surface area (TPSA) is 29.9 Å². The first-order valence-electron chi connectivity index (χ1n) is 7.22. The zero-order chi connectivity index (χ0) is 14.9. The van der Waals surface area contributed by atoms with Gasteiger partial charge in [-0.15, -0.1) is 11.3 Å². The van der Waals surface area contributed by atoms with Crippen molar-refractivity contribution in [1.82, 2.24) is 14.9 Å². The van der Waals surface area contributed by atoms with Crippen LogP contribution in [0, 0.1) is 0 Å². The maximum Gasteiger partial charge on any atom is 0.0794 e. The van der Waals surface area contributed by atoms with E-state index in [1.54, 1.807) is 11.3 Å². The van der Waals surface area contributed by atoms with Crippen molar-refractivity contribution in [3.05, 3.63) is 52.6 Å². The fourth-order valence-corrected chi connectivity index (χ4v) is 3.01. The fourth-order valence-electron chi connectivity index (χ4n) is 2.43. The van der Waals surface area contributed by atoms with Gasteiger partial charge < -0.3 is 9.88 Å². The molecule has 110 valence electrons. The van der Waals surface area contributed by atoms with Crippen LogP contribution in [0.1, 0.15) is 31.3 Å². The molecule has 0 bridgehead atoms. The van der Waals surface area contributed by atoms with E-state index in [0.717, 1.165) is 13.1 Å². The lowest BCUT2D eigenvalue weighted by molar-refractivity contribution is 0.417. The molecule has 0 spiro atoms. The largest absolute Gasteiger partial charge is 0.338 e. The van der Waals surface area contributed by atoms with Gasteiger partial charge in [0.25, 0.3) is 0 Å². The molecule has 3 nitrogen and oxygen atoms in total. The van der Waals surface area contributed by atoms with Gasteiger partial charge in [-0.05, 0) is 38.3 Å². The van der Waals surface area contributed by atoms with Gasteiger partial charge in [0.1, 0.15) is 0 Å². The Morgan fingerprint density at radius 1 is 1.24 bits per heavy atom. The van der Waals surface area contributed by atoms with Gasteiger partial charge in [-0.2, -0.15) is 0 Å². The van der Waals surface area contributed by atoms with Crippen LogP contribution in [0.4, 0.5) is 0 Å². The van der Waals surface area contributed by atoms with E-state index in [1.165, 1.54) is 21.5 Å². The average molecular weight is 299 g/mol. The number of nitrogens with zero attached hydrogens (tertiary/aromatic N) is 2. The van der Waals surface area contributed by atoms with Crippen molar-refractivity contribution < 1.29 is 0 Å². The Hall–Kier alpha value is -1.65. The summed E-state index contributed by atoms with van der Waals surface area (Å²) in [6.45, 7) is 8.35. The van der Waals surface area contributed by atoms with E-state index in [0.29, 0.717) is 0 Å². The van der Waals surface area contributed by atoms with E-state index in [-0.39, 0.29) is 5.54 Å². The Morgan fingerprint density at radius 3 is 2.76 bits per heavy atom. The Bertz CT molecular complexity index is 720. The Balaban J connectivity index is 1.97. The highest BCUT2D eigenvalue weighted by Crippen LogP contribution is 2.22.